The van der Waals surface area contributed by atoms with E-state index in [0.29, 0.717) is 0 Å². The molecule has 0 bridgehead atoms. The van der Waals surface area contributed by atoms with Gasteiger partial charge in [0.1, 0.15) is 0 Å². The fourth-order valence-corrected chi connectivity index (χ4v) is 0. The van der Waals surface area contributed by atoms with E-state index in [-0.39, 0.29) is 237 Å². The van der Waals surface area contributed by atoms with Crippen molar-refractivity contribution in [2.24, 2.45) is 0 Å². The third kappa shape index (κ3) is 136. The van der Waals surface area contributed by atoms with Gasteiger partial charge < -0.3 is 38.3 Å². The summed E-state index contributed by atoms with van der Waals surface area (Å²) in [5, 5.41) is 0. The van der Waals surface area contributed by atoms with Crippen LogP contribution in [0.25, 0.3) is 0 Å². The van der Waals surface area contributed by atoms with Crippen molar-refractivity contribution < 1.29 is 237 Å². The van der Waals surface area contributed by atoms with E-state index in [1.807, 2.05) is 0 Å². The van der Waals surface area contributed by atoms with Crippen LogP contribution < -0.4 is 177 Å². The minimum absolute atomic E-state index is 0. The Morgan fingerprint density at radius 3 is 0.286 bits per heavy atom. The fraction of sp³-hybridized carbons (Fsp3) is 0. The first kappa shape index (κ1) is 187. The molecule has 0 aromatic heterocycles. The van der Waals surface area contributed by atoms with Crippen LogP contribution in [0, 0.1) is 0 Å². The van der Waals surface area contributed by atoms with E-state index in [4.69, 9.17) is 0 Å². The molecule has 14 heavy (non-hydrogen) atoms. The maximum Gasteiger partial charge on any atom is 1.00 e. The Hall–Kier alpha value is 6.41. The molecular formula is H8Na6O7Pt. The normalized spacial score (nSPS) is 0. The van der Waals surface area contributed by atoms with Crippen LogP contribution in [0.1, 0.15) is 0 Å². The predicted molar refractivity (Wildman–Crippen MR) is 15.2 cm³/mol. The minimum Gasteiger partial charge on any atom is -0.870 e. The van der Waals surface area contributed by atoms with Gasteiger partial charge in [-0.2, -0.15) is 0 Å². The monoisotopic (exact) mass is 453 g/mol. The van der Waals surface area contributed by atoms with Gasteiger partial charge in [0, 0.05) is 21.1 Å². The van der Waals surface area contributed by atoms with Crippen LogP contribution >= 0.6 is 0 Å². The van der Waals surface area contributed by atoms with Gasteiger partial charge in [-0.1, -0.05) is 0 Å². The van der Waals surface area contributed by atoms with E-state index in [1.165, 1.54) is 0 Å². The summed E-state index contributed by atoms with van der Waals surface area (Å²) in [4.78, 5) is 0. The Balaban J connectivity index is 0. The Kier molecular flexibility index (Phi) is 2140. The Bertz CT molecular complexity index is 18.1. The van der Waals surface area contributed by atoms with Crippen LogP contribution in [0.3, 0.4) is 0 Å². The molecular weight excluding hydrogens is 445 g/mol. The van der Waals surface area contributed by atoms with Crippen molar-refractivity contribution >= 4 is 0 Å². The first-order valence-corrected chi connectivity index (χ1v) is 0. The van der Waals surface area contributed by atoms with Crippen molar-refractivity contribution in [3.8, 4) is 0 Å². The average molecular weight is 453 g/mol. The van der Waals surface area contributed by atoms with E-state index in [2.05, 4.69) is 0 Å². The van der Waals surface area contributed by atoms with Crippen molar-refractivity contribution in [1.82, 2.24) is 0 Å². The second-order valence-electron chi connectivity index (χ2n) is 0. The molecule has 0 aliphatic heterocycles. The van der Waals surface area contributed by atoms with Crippen molar-refractivity contribution in [2.45, 2.75) is 0 Å². The van der Waals surface area contributed by atoms with Gasteiger partial charge in [0.05, 0.1) is 0 Å². The summed E-state index contributed by atoms with van der Waals surface area (Å²) in [5.74, 6) is 0. The summed E-state index contributed by atoms with van der Waals surface area (Å²) in [7, 11) is 0. The van der Waals surface area contributed by atoms with Crippen LogP contribution in [0.5, 0.6) is 0 Å². The zero-order valence-electron chi connectivity index (χ0n) is 9.50. The molecule has 8 N–H and O–H groups in total. The maximum atomic E-state index is 0. The van der Waals surface area contributed by atoms with Crippen LogP contribution in [-0.2, 0) is 21.1 Å². The Morgan fingerprint density at radius 2 is 0.286 bits per heavy atom. The van der Waals surface area contributed by atoms with Crippen molar-refractivity contribution in [3.63, 3.8) is 0 Å². The molecule has 0 rings (SSSR count). The number of hydrogen-bond donors (Lipinski definition) is 0. The fourth-order valence-electron chi connectivity index (χ4n) is 0. The largest absolute Gasteiger partial charge is 1.00 e. The molecule has 14 heteroatoms. The van der Waals surface area contributed by atoms with Crippen molar-refractivity contribution in [1.29, 1.82) is 0 Å². The summed E-state index contributed by atoms with van der Waals surface area (Å²) in [6.45, 7) is 0. The summed E-state index contributed by atoms with van der Waals surface area (Å²) < 4.78 is 0. The minimum atomic E-state index is 0. The van der Waals surface area contributed by atoms with Crippen molar-refractivity contribution in [3.05, 3.63) is 0 Å². The predicted octanol–water partition coefficient (Wildman–Crippen LogP) is -19.9. The first-order chi connectivity index (χ1) is 0. The van der Waals surface area contributed by atoms with E-state index in [1.54, 1.807) is 0 Å². The van der Waals surface area contributed by atoms with Gasteiger partial charge in [-0.15, -0.1) is 0 Å². The third-order valence-corrected chi connectivity index (χ3v) is 0. The van der Waals surface area contributed by atoms with Gasteiger partial charge >= 0.3 is 177 Å². The summed E-state index contributed by atoms with van der Waals surface area (Å²) >= 11 is 0. The van der Waals surface area contributed by atoms with Gasteiger partial charge in [0.15, 0.2) is 0 Å². The smallest absolute Gasteiger partial charge is 0.870 e. The second-order valence-corrected chi connectivity index (χ2v) is 0. The van der Waals surface area contributed by atoms with E-state index in [9.17, 15) is 0 Å². The molecule has 0 heterocycles. The van der Waals surface area contributed by atoms with Gasteiger partial charge in [0.2, 0.25) is 0 Å². The van der Waals surface area contributed by atoms with Crippen LogP contribution in [-0.4, -0.2) is 38.3 Å². The second kappa shape index (κ2) is 160. The molecule has 0 amide bonds. The van der Waals surface area contributed by atoms with Gasteiger partial charge in [-0.3, -0.25) is 0 Å². The van der Waals surface area contributed by atoms with Gasteiger partial charge in [-0.05, 0) is 0 Å². The topological polar surface area (TPSA) is 212 Å². The summed E-state index contributed by atoms with van der Waals surface area (Å²) in [6.07, 6.45) is 0. The van der Waals surface area contributed by atoms with E-state index < -0.39 is 0 Å². The van der Waals surface area contributed by atoms with Crippen molar-refractivity contribution in [2.75, 3.05) is 0 Å². The molecule has 0 radical (unpaired) electrons. The molecule has 0 fully saturated rings. The molecule has 0 unspecified atom stereocenters. The number of rotatable bonds is 0. The molecule has 7 nitrogen and oxygen atoms in total. The van der Waals surface area contributed by atoms with E-state index in [0.717, 1.165) is 0 Å². The molecule has 0 aromatic carbocycles. The quantitative estimate of drug-likeness (QED) is 0.325. The molecule has 0 spiro atoms. The zero-order valence-corrected chi connectivity index (χ0v) is 23.8. The van der Waals surface area contributed by atoms with Crippen LogP contribution in [0.2, 0.25) is 0 Å². The summed E-state index contributed by atoms with van der Waals surface area (Å²) in [5.41, 5.74) is 0. The SMILES string of the molecule is O.[Na+].[Na+].[Na+].[Na+].[Na+].[Na+].[OH-].[OH-].[OH-].[OH-].[OH-].[OH-].[Pt]. The van der Waals surface area contributed by atoms with Crippen LogP contribution in [0.15, 0.2) is 0 Å². The van der Waals surface area contributed by atoms with Gasteiger partial charge in [-0.25, -0.2) is 0 Å². The Morgan fingerprint density at radius 1 is 0.286 bits per heavy atom. The molecule has 0 aliphatic rings. The molecule has 0 atom stereocenters. The molecule has 0 saturated heterocycles. The molecule has 0 aliphatic carbocycles. The Labute approximate surface area is 231 Å². The standard InChI is InChI=1S/6Na.7H2O.Pt/h;;;;;;7*1H2;/q6*+1;;;;;;;;/p-6. The molecule has 66 valence electrons. The van der Waals surface area contributed by atoms with E-state index >= 15 is 0 Å². The maximum absolute atomic E-state index is 0. The zero-order chi connectivity index (χ0) is 0. The number of hydrogen-bond acceptors (Lipinski definition) is 6. The third-order valence-electron chi connectivity index (χ3n) is 0. The van der Waals surface area contributed by atoms with Crippen LogP contribution in [0.4, 0.5) is 0 Å². The first-order valence-electron chi connectivity index (χ1n) is 0. The molecule has 0 aromatic rings. The van der Waals surface area contributed by atoms with Gasteiger partial charge in [0.25, 0.3) is 0 Å². The molecule has 0 saturated carbocycles. The summed E-state index contributed by atoms with van der Waals surface area (Å²) in [6, 6.07) is 0. The average Bonchev–Trinajstić information content (AvgIpc) is 0.